The first-order valence-corrected chi connectivity index (χ1v) is 12.6. The maximum atomic E-state index is 15.6. The van der Waals surface area contributed by atoms with Crippen LogP contribution >= 0.6 is 37.2 Å². The number of anilines is 2. The van der Waals surface area contributed by atoms with E-state index in [0.717, 1.165) is 30.7 Å². The smallest absolute Gasteiger partial charge is 0.258 e. The van der Waals surface area contributed by atoms with Crippen molar-refractivity contribution in [3.05, 3.63) is 71.6 Å². The van der Waals surface area contributed by atoms with Gasteiger partial charge in [-0.1, -0.05) is 6.92 Å². The number of nitrogens with zero attached hydrogens (tertiary/aromatic N) is 3. The Labute approximate surface area is 261 Å². The fourth-order valence-corrected chi connectivity index (χ4v) is 4.72. The zero-order valence-corrected chi connectivity index (χ0v) is 25.7. The van der Waals surface area contributed by atoms with Crippen LogP contribution in [-0.4, -0.2) is 62.2 Å². The molecule has 42 heavy (non-hydrogen) atoms. The number of nitrogens with one attached hydrogen (secondary N) is 1. The molecule has 0 aliphatic carbocycles. The number of hydrogen-bond acceptors (Lipinski definition) is 6. The molecule has 14 heteroatoms. The Kier molecular flexibility index (Phi) is 14.3. The van der Waals surface area contributed by atoms with Gasteiger partial charge in [0, 0.05) is 44.0 Å². The standard InChI is InChI=1S/C28H31F4N5O2.3ClH/c1-16-10-17(33)15-37(14-16)24-6-7-34-13-23(24)35-28(38)19-4-5-20(29)26(27(19)32)25-21(30)11-18(12-22(25)31)39-9-8-36(2)3;;;/h4-7,11-13,16-17H,8-10,14-15,33H2,1-3H3,(H,35,38);3*1H/t16-,17+;;;/m1.../s1. The first-order valence-electron chi connectivity index (χ1n) is 12.6. The largest absolute Gasteiger partial charge is 0.492 e. The van der Waals surface area contributed by atoms with Gasteiger partial charge in [0.05, 0.1) is 34.3 Å². The Morgan fingerprint density at radius 3 is 2.33 bits per heavy atom. The molecule has 2 heterocycles. The van der Waals surface area contributed by atoms with Crippen LogP contribution in [0.5, 0.6) is 5.75 Å². The van der Waals surface area contributed by atoms with Crippen LogP contribution in [0.1, 0.15) is 23.7 Å². The third kappa shape index (κ3) is 8.61. The third-order valence-corrected chi connectivity index (χ3v) is 6.49. The number of carbonyl (C=O) groups excluding carboxylic acids is 1. The van der Waals surface area contributed by atoms with Gasteiger partial charge in [-0.05, 0) is 44.6 Å². The van der Waals surface area contributed by atoms with E-state index in [0.29, 0.717) is 36.9 Å². The summed E-state index contributed by atoms with van der Waals surface area (Å²) in [6, 6.07) is 5.07. The van der Waals surface area contributed by atoms with Crippen molar-refractivity contribution in [1.29, 1.82) is 0 Å². The van der Waals surface area contributed by atoms with Crippen LogP contribution in [0.25, 0.3) is 11.1 Å². The van der Waals surface area contributed by atoms with Crippen LogP contribution in [0.15, 0.2) is 42.7 Å². The van der Waals surface area contributed by atoms with Crippen molar-refractivity contribution in [3.8, 4) is 16.9 Å². The minimum atomic E-state index is -1.40. The summed E-state index contributed by atoms with van der Waals surface area (Å²) >= 11 is 0. The number of rotatable bonds is 8. The highest BCUT2D eigenvalue weighted by molar-refractivity contribution is 6.06. The first kappa shape index (κ1) is 37.2. The summed E-state index contributed by atoms with van der Waals surface area (Å²) < 4.78 is 65.6. The van der Waals surface area contributed by atoms with E-state index in [2.05, 4.69) is 17.2 Å². The summed E-state index contributed by atoms with van der Waals surface area (Å²) in [5, 5.41) is 2.61. The number of carbonyl (C=O) groups is 1. The van der Waals surface area contributed by atoms with Crippen molar-refractivity contribution >= 4 is 54.5 Å². The van der Waals surface area contributed by atoms with Crippen LogP contribution in [0, 0.1) is 29.2 Å². The molecule has 1 amide bonds. The fourth-order valence-electron chi connectivity index (χ4n) is 4.72. The Hall–Kier alpha value is -2.83. The molecule has 1 fully saturated rings. The number of hydrogen-bond donors (Lipinski definition) is 2. The van der Waals surface area contributed by atoms with Crippen molar-refractivity contribution in [1.82, 2.24) is 9.88 Å². The molecule has 3 aromatic rings. The van der Waals surface area contributed by atoms with Gasteiger partial charge in [0.2, 0.25) is 0 Å². The molecule has 1 aromatic heterocycles. The zero-order valence-electron chi connectivity index (χ0n) is 23.2. The molecule has 1 aliphatic rings. The average molecular weight is 655 g/mol. The van der Waals surface area contributed by atoms with Gasteiger partial charge in [0.15, 0.2) is 0 Å². The van der Waals surface area contributed by atoms with Gasteiger partial charge < -0.3 is 25.6 Å². The summed E-state index contributed by atoms with van der Waals surface area (Å²) in [7, 11) is 3.61. The molecule has 7 nitrogen and oxygen atoms in total. The maximum Gasteiger partial charge on any atom is 0.258 e. The minimum Gasteiger partial charge on any atom is -0.492 e. The number of halogens is 7. The lowest BCUT2D eigenvalue weighted by molar-refractivity contribution is 0.102. The van der Waals surface area contributed by atoms with Gasteiger partial charge in [-0.3, -0.25) is 9.78 Å². The van der Waals surface area contributed by atoms with E-state index in [-0.39, 0.29) is 55.6 Å². The third-order valence-electron chi connectivity index (χ3n) is 6.49. The molecular formula is C28H34Cl3F4N5O2. The number of piperidine rings is 1. The molecule has 1 saturated heterocycles. The molecule has 0 radical (unpaired) electrons. The van der Waals surface area contributed by atoms with Crippen LogP contribution < -0.4 is 20.7 Å². The van der Waals surface area contributed by atoms with Crippen molar-refractivity contribution in [3.63, 3.8) is 0 Å². The Morgan fingerprint density at radius 1 is 1.05 bits per heavy atom. The lowest BCUT2D eigenvalue weighted by Crippen LogP contribution is -2.46. The molecule has 0 unspecified atom stereocenters. The summed E-state index contributed by atoms with van der Waals surface area (Å²) in [6.45, 7) is 3.97. The Morgan fingerprint density at radius 2 is 1.71 bits per heavy atom. The normalized spacial score (nSPS) is 16.2. The van der Waals surface area contributed by atoms with Gasteiger partial charge in [-0.15, -0.1) is 37.2 Å². The SMILES string of the molecule is C[C@@H]1C[C@H](N)CN(c2ccncc2NC(=O)c2ccc(F)c(-c3c(F)cc(OCCN(C)C)cc3F)c2F)C1.Cl.Cl.Cl. The second kappa shape index (κ2) is 16.1. The van der Waals surface area contributed by atoms with Crippen molar-refractivity contribution in [2.24, 2.45) is 11.7 Å². The highest BCUT2D eigenvalue weighted by Gasteiger charge is 2.27. The predicted octanol–water partition coefficient (Wildman–Crippen LogP) is 5.94. The summed E-state index contributed by atoms with van der Waals surface area (Å²) in [6.07, 6.45) is 3.84. The summed E-state index contributed by atoms with van der Waals surface area (Å²) in [5.74, 6) is -5.81. The molecule has 0 bridgehead atoms. The number of benzene rings is 2. The van der Waals surface area contributed by atoms with Crippen LogP contribution in [-0.2, 0) is 0 Å². The van der Waals surface area contributed by atoms with Crippen molar-refractivity contribution in [2.45, 2.75) is 19.4 Å². The zero-order chi connectivity index (χ0) is 28.3. The van der Waals surface area contributed by atoms with Crippen LogP contribution in [0.3, 0.4) is 0 Å². The van der Waals surface area contributed by atoms with E-state index < -0.39 is 45.9 Å². The van der Waals surface area contributed by atoms with E-state index in [1.807, 2.05) is 9.80 Å². The Balaban J connectivity index is 0.00000294. The monoisotopic (exact) mass is 653 g/mol. The highest BCUT2D eigenvalue weighted by Crippen LogP contribution is 2.35. The van der Waals surface area contributed by atoms with E-state index in [1.54, 1.807) is 26.4 Å². The molecule has 0 spiro atoms. The Bertz CT molecular complexity index is 1340. The molecule has 2 atom stereocenters. The summed E-state index contributed by atoms with van der Waals surface area (Å²) in [5.41, 5.74) is 4.60. The highest BCUT2D eigenvalue weighted by atomic mass is 35.5. The van der Waals surface area contributed by atoms with Gasteiger partial charge >= 0.3 is 0 Å². The average Bonchev–Trinajstić information content (AvgIpc) is 2.85. The topological polar surface area (TPSA) is 83.7 Å². The predicted molar refractivity (Wildman–Crippen MR) is 164 cm³/mol. The van der Waals surface area contributed by atoms with E-state index in [9.17, 15) is 18.0 Å². The van der Waals surface area contributed by atoms with Gasteiger partial charge in [-0.2, -0.15) is 0 Å². The molecule has 3 N–H and O–H groups in total. The number of amides is 1. The molecular weight excluding hydrogens is 621 g/mol. The molecule has 0 saturated carbocycles. The number of pyridine rings is 1. The lowest BCUT2D eigenvalue weighted by atomic mass is 9.96. The number of ether oxygens (including phenoxy) is 1. The van der Waals surface area contributed by atoms with Crippen LogP contribution in [0.2, 0.25) is 0 Å². The van der Waals surface area contributed by atoms with Crippen molar-refractivity contribution < 1.29 is 27.1 Å². The van der Waals surface area contributed by atoms with Gasteiger partial charge in [0.25, 0.3) is 5.91 Å². The van der Waals surface area contributed by atoms with Gasteiger partial charge in [0.1, 0.15) is 35.6 Å². The minimum absolute atomic E-state index is 0. The summed E-state index contributed by atoms with van der Waals surface area (Å²) in [4.78, 5) is 21.0. The van der Waals surface area contributed by atoms with E-state index in [4.69, 9.17) is 10.5 Å². The second-order valence-electron chi connectivity index (χ2n) is 10.1. The number of nitrogens with two attached hydrogens (primary N) is 1. The second-order valence-corrected chi connectivity index (χ2v) is 10.1. The quantitative estimate of drug-likeness (QED) is 0.293. The van der Waals surface area contributed by atoms with Crippen molar-refractivity contribution in [2.75, 3.05) is 50.6 Å². The van der Waals surface area contributed by atoms with Crippen LogP contribution in [0.4, 0.5) is 28.9 Å². The molecule has 232 valence electrons. The number of aromatic nitrogens is 1. The fraction of sp³-hybridized carbons (Fsp3) is 0.357. The van der Waals surface area contributed by atoms with Gasteiger partial charge in [-0.25, -0.2) is 17.6 Å². The molecule has 1 aliphatic heterocycles. The molecule has 4 rings (SSSR count). The first-order chi connectivity index (χ1) is 18.5. The lowest BCUT2D eigenvalue weighted by Gasteiger charge is -2.37. The van der Waals surface area contributed by atoms with E-state index in [1.165, 1.54) is 6.20 Å². The molecule has 2 aromatic carbocycles. The van der Waals surface area contributed by atoms with E-state index >= 15 is 4.39 Å². The number of likely N-dealkylation sites (N-methyl/N-ethyl adjacent to an activating group) is 1. The maximum absolute atomic E-state index is 15.6.